The molecule has 0 radical (unpaired) electrons. The second-order valence-electron chi connectivity index (χ2n) is 8.73. The van der Waals surface area contributed by atoms with E-state index < -0.39 is 11.4 Å². The summed E-state index contributed by atoms with van der Waals surface area (Å²) in [4.78, 5) is 11.5. The highest BCUT2D eigenvalue weighted by molar-refractivity contribution is 5.75. The Hall–Kier alpha value is -1.83. The van der Waals surface area contributed by atoms with Crippen LogP contribution in [0.5, 0.6) is 0 Å². The first-order chi connectivity index (χ1) is 13.7. The molecule has 0 aliphatic heterocycles. The van der Waals surface area contributed by atoms with Gasteiger partial charge in [-0.3, -0.25) is 4.79 Å². The summed E-state index contributed by atoms with van der Waals surface area (Å²) in [5.74, 6) is -0.747. The SMILES string of the molecule is CC=CCCC=CCCC=CCCC=CCCC=C(C)C(C)(C)C(C)(C)C(=O)O. The summed E-state index contributed by atoms with van der Waals surface area (Å²) in [5.41, 5.74) is 0.00430. The van der Waals surface area contributed by atoms with Gasteiger partial charge in [-0.2, -0.15) is 0 Å². The van der Waals surface area contributed by atoms with Gasteiger partial charge in [-0.05, 0) is 79.1 Å². The van der Waals surface area contributed by atoms with Crippen molar-refractivity contribution in [1.82, 2.24) is 0 Å². The number of carboxylic acid groups (broad SMARTS) is 1. The van der Waals surface area contributed by atoms with Crippen LogP contribution in [0, 0.1) is 10.8 Å². The predicted molar refractivity (Wildman–Crippen MR) is 128 cm³/mol. The number of allylic oxidation sites excluding steroid dienone is 10. The minimum absolute atomic E-state index is 0.366. The van der Waals surface area contributed by atoms with Gasteiger partial charge in [-0.15, -0.1) is 0 Å². The summed E-state index contributed by atoms with van der Waals surface area (Å²) in [7, 11) is 0. The second-order valence-corrected chi connectivity index (χ2v) is 8.73. The number of hydrogen-bond donors (Lipinski definition) is 1. The third-order valence-corrected chi connectivity index (χ3v) is 6.10. The molecule has 0 aliphatic rings. The molecule has 164 valence electrons. The Morgan fingerprint density at radius 2 is 1.00 bits per heavy atom. The Morgan fingerprint density at radius 3 is 1.34 bits per heavy atom. The smallest absolute Gasteiger partial charge is 0.309 e. The molecule has 2 nitrogen and oxygen atoms in total. The van der Waals surface area contributed by atoms with E-state index in [-0.39, 0.29) is 5.41 Å². The Labute approximate surface area is 180 Å². The number of hydrogen-bond acceptors (Lipinski definition) is 1. The molecule has 0 heterocycles. The van der Waals surface area contributed by atoms with E-state index in [1.54, 1.807) is 0 Å². The van der Waals surface area contributed by atoms with Crippen LogP contribution in [0.15, 0.2) is 60.3 Å². The molecule has 0 bridgehead atoms. The van der Waals surface area contributed by atoms with E-state index in [1.165, 1.54) is 0 Å². The minimum atomic E-state index is -0.780. The fourth-order valence-corrected chi connectivity index (χ4v) is 2.86. The maximum absolute atomic E-state index is 11.5. The lowest BCUT2D eigenvalue weighted by molar-refractivity contribution is -0.152. The zero-order chi connectivity index (χ0) is 22.2. The monoisotopic (exact) mass is 400 g/mol. The topological polar surface area (TPSA) is 37.3 Å². The Bertz CT molecular complexity index is 598. The van der Waals surface area contributed by atoms with Gasteiger partial charge in [0.25, 0.3) is 0 Å². The highest BCUT2D eigenvalue weighted by Gasteiger charge is 2.44. The molecule has 0 unspecified atom stereocenters. The third-order valence-electron chi connectivity index (χ3n) is 6.10. The van der Waals surface area contributed by atoms with Crippen LogP contribution >= 0.6 is 0 Å². The molecule has 0 aromatic carbocycles. The largest absolute Gasteiger partial charge is 0.481 e. The van der Waals surface area contributed by atoms with Gasteiger partial charge in [0, 0.05) is 5.41 Å². The van der Waals surface area contributed by atoms with Crippen molar-refractivity contribution in [2.45, 2.75) is 92.9 Å². The molecule has 0 aromatic heterocycles. The first kappa shape index (κ1) is 27.2. The molecule has 0 saturated heterocycles. The molecule has 0 rings (SSSR count). The lowest BCUT2D eigenvalue weighted by atomic mass is 9.64. The van der Waals surface area contributed by atoms with Crippen LogP contribution in [-0.4, -0.2) is 11.1 Å². The van der Waals surface area contributed by atoms with E-state index in [1.807, 2.05) is 27.7 Å². The molecule has 29 heavy (non-hydrogen) atoms. The number of rotatable bonds is 15. The zero-order valence-electron chi connectivity index (χ0n) is 19.7. The van der Waals surface area contributed by atoms with Crippen molar-refractivity contribution in [2.24, 2.45) is 10.8 Å². The Kier molecular flexibility index (Phi) is 14.1. The quantitative estimate of drug-likeness (QED) is 0.221. The van der Waals surface area contributed by atoms with Crippen LogP contribution in [0.1, 0.15) is 92.9 Å². The molecule has 0 atom stereocenters. The van der Waals surface area contributed by atoms with Crippen molar-refractivity contribution in [3.8, 4) is 0 Å². The first-order valence-electron chi connectivity index (χ1n) is 11.1. The maximum Gasteiger partial charge on any atom is 0.309 e. The summed E-state index contributed by atoms with van der Waals surface area (Å²) in [6, 6.07) is 0. The van der Waals surface area contributed by atoms with Crippen LogP contribution in [0.2, 0.25) is 0 Å². The minimum Gasteiger partial charge on any atom is -0.481 e. The van der Waals surface area contributed by atoms with Gasteiger partial charge in [0.2, 0.25) is 0 Å². The van der Waals surface area contributed by atoms with E-state index in [0.29, 0.717) is 0 Å². The summed E-state index contributed by atoms with van der Waals surface area (Å²) in [6.45, 7) is 11.8. The summed E-state index contributed by atoms with van der Waals surface area (Å²) < 4.78 is 0. The average molecular weight is 401 g/mol. The first-order valence-corrected chi connectivity index (χ1v) is 11.1. The predicted octanol–water partition coefficient (Wildman–Crippen LogP) is 8.44. The number of carbonyl (C=O) groups is 1. The van der Waals surface area contributed by atoms with Crippen LogP contribution < -0.4 is 0 Å². The molecule has 0 spiro atoms. The summed E-state index contributed by atoms with van der Waals surface area (Å²) >= 11 is 0. The van der Waals surface area contributed by atoms with Crippen LogP contribution in [-0.2, 0) is 4.79 Å². The van der Waals surface area contributed by atoms with Gasteiger partial charge in [0.05, 0.1) is 5.41 Å². The van der Waals surface area contributed by atoms with Gasteiger partial charge in [0.15, 0.2) is 0 Å². The maximum atomic E-state index is 11.5. The molecular weight excluding hydrogens is 356 g/mol. The van der Waals surface area contributed by atoms with Crippen molar-refractivity contribution in [3.63, 3.8) is 0 Å². The van der Waals surface area contributed by atoms with Crippen molar-refractivity contribution < 1.29 is 9.90 Å². The zero-order valence-corrected chi connectivity index (χ0v) is 19.7. The standard InChI is InChI=1S/C27H44O2/c1-7-8-9-10-11-12-13-14-15-16-17-18-19-20-21-22-23-24(2)26(3,4)27(5,6)25(28)29/h7-8,11-12,15-16,19-20,23H,9-10,13-14,17-18,21-22H2,1-6H3,(H,28,29). The van der Waals surface area contributed by atoms with Gasteiger partial charge >= 0.3 is 5.97 Å². The fraction of sp³-hybridized carbons (Fsp3) is 0.593. The third kappa shape index (κ3) is 11.1. The van der Waals surface area contributed by atoms with Crippen molar-refractivity contribution in [1.29, 1.82) is 0 Å². The van der Waals surface area contributed by atoms with Gasteiger partial charge in [-0.25, -0.2) is 0 Å². The van der Waals surface area contributed by atoms with E-state index in [2.05, 4.69) is 68.5 Å². The Balaban J connectivity index is 3.99. The van der Waals surface area contributed by atoms with E-state index in [4.69, 9.17) is 0 Å². The van der Waals surface area contributed by atoms with E-state index >= 15 is 0 Å². The second kappa shape index (κ2) is 15.1. The molecule has 0 aromatic rings. The molecule has 0 amide bonds. The lowest BCUT2D eigenvalue weighted by Gasteiger charge is -2.39. The van der Waals surface area contributed by atoms with Gasteiger partial charge < -0.3 is 5.11 Å². The van der Waals surface area contributed by atoms with Gasteiger partial charge in [-0.1, -0.05) is 74.1 Å². The number of carboxylic acids is 1. The molecular formula is C27H44O2. The van der Waals surface area contributed by atoms with Crippen LogP contribution in [0.3, 0.4) is 0 Å². The van der Waals surface area contributed by atoms with E-state index in [9.17, 15) is 9.90 Å². The molecule has 1 N–H and O–H groups in total. The number of unbranched alkanes of at least 4 members (excludes halogenated alkanes) is 4. The molecule has 0 saturated carbocycles. The highest BCUT2D eigenvalue weighted by Crippen LogP contribution is 2.44. The lowest BCUT2D eigenvalue weighted by Crippen LogP contribution is -2.40. The summed E-state index contributed by atoms with van der Waals surface area (Å²) in [6.07, 6.45) is 28.8. The van der Waals surface area contributed by atoms with Crippen LogP contribution in [0.25, 0.3) is 0 Å². The highest BCUT2D eigenvalue weighted by atomic mass is 16.4. The fourth-order valence-electron chi connectivity index (χ4n) is 2.86. The molecule has 0 fully saturated rings. The van der Waals surface area contributed by atoms with Crippen LogP contribution in [0.4, 0.5) is 0 Å². The van der Waals surface area contributed by atoms with Crippen molar-refractivity contribution >= 4 is 5.97 Å². The van der Waals surface area contributed by atoms with Crippen molar-refractivity contribution in [2.75, 3.05) is 0 Å². The van der Waals surface area contributed by atoms with E-state index in [0.717, 1.165) is 56.9 Å². The number of aliphatic carboxylic acids is 1. The van der Waals surface area contributed by atoms with Crippen molar-refractivity contribution in [3.05, 3.63) is 60.3 Å². The average Bonchev–Trinajstić information content (AvgIpc) is 2.67. The Morgan fingerprint density at radius 1 is 0.655 bits per heavy atom. The normalized spacial score (nSPS) is 14.2. The summed E-state index contributed by atoms with van der Waals surface area (Å²) in [5, 5.41) is 9.49. The molecule has 2 heteroatoms. The molecule has 0 aliphatic carbocycles. The van der Waals surface area contributed by atoms with Gasteiger partial charge in [0.1, 0.15) is 0 Å².